The van der Waals surface area contributed by atoms with Crippen LogP contribution < -0.4 is 5.32 Å². The molecule has 0 spiro atoms. The van der Waals surface area contributed by atoms with E-state index in [0.717, 1.165) is 61.6 Å². The van der Waals surface area contributed by atoms with Crippen LogP contribution in [0.15, 0.2) is 30.3 Å². The molecule has 2 aliphatic rings. The number of nitrogens with one attached hydrogen (secondary N) is 2. The van der Waals surface area contributed by atoms with Gasteiger partial charge < -0.3 is 10.3 Å². The van der Waals surface area contributed by atoms with Gasteiger partial charge in [-0.3, -0.25) is 14.4 Å². The van der Waals surface area contributed by atoms with Crippen LogP contribution in [-0.2, 0) is 31.0 Å². The van der Waals surface area contributed by atoms with Crippen LogP contribution in [0.25, 0.3) is 11.0 Å². The summed E-state index contributed by atoms with van der Waals surface area (Å²) in [5, 5.41) is 7.75. The second-order valence-electron chi connectivity index (χ2n) is 7.96. The summed E-state index contributed by atoms with van der Waals surface area (Å²) >= 11 is 0. The Hall–Kier alpha value is -2.67. The fourth-order valence-corrected chi connectivity index (χ4v) is 4.40. The lowest BCUT2D eigenvalue weighted by molar-refractivity contribution is -0.124. The van der Waals surface area contributed by atoms with Crippen molar-refractivity contribution >= 4 is 16.9 Å². The molecule has 3 aromatic rings. The number of amides is 1. The van der Waals surface area contributed by atoms with Crippen molar-refractivity contribution in [2.45, 2.75) is 51.9 Å². The smallest absolute Gasteiger partial charge is 0.223 e. The van der Waals surface area contributed by atoms with E-state index in [9.17, 15) is 4.79 Å². The van der Waals surface area contributed by atoms with Gasteiger partial charge in [-0.15, -0.1) is 0 Å². The van der Waals surface area contributed by atoms with Gasteiger partial charge in [0.15, 0.2) is 0 Å². The molecule has 1 aliphatic heterocycles. The highest BCUT2D eigenvalue weighted by Crippen LogP contribution is 2.24. The molecule has 146 valence electrons. The SMILES string of the molecule is O=C(NCc1cc2n(n1)CCN(Cc1nc3ccccc3[nH]1)C2)C1CCCC1. The van der Waals surface area contributed by atoms with Gasteiger partial charge in [0.25, 0.3) is 0 Å². The van der Waals surface area contributed by atoms with Gasteiger partial charge in [0.1, 0.15) is 5.82 Å². The number of carbonyl (C=O) groups excluding carboxylic acids is 1. The number of benzene rings is 1. The largest absolute Gasteiger partial charge is 0.350 e. The number of para-hydroxylation sites is 2. The Labute approximate surface area is 164 Å². The lowest BCUT2D eigenvalue weighted by Gasteiger charge is -2.26. The van der Waals surface area contributed by atoms with Gasteiger partial charge in [0, 0.05) is 19.0 Å². The predicted octanol–water partition coefficient (Wildman–Crippen LogP) is 2.58. The average molecular weight is 378 g/mol. The monoisotopic (exact) mass is 378 g/mol. The summed E-state index contributed by atoms with van der Waals surface area (Å²) < 4.78 is 2.08. The number of nitrogens with zero attached hydrogens (tertiary/aromatic N) is 4. The second kappa shape index (κ2) is 7.39. The van der Waals surface area contributed by atoms with Crippen molar-refractivity contribution in [2.75, 3.05) is 6.54 Å². The van der Waals surface area contributed by atoms with Gasteiger partial charge in [0.05, 0.1) is 42.1 Å². The summed E-state index contributed by atoms with van der Waals surface area (Å²) in [6.07, 6.45) is 4.42. The highest BCUT2D eigenvalue weighted by molar-refractivity contribution is 5.78. The van der Waals surface area contributed by atoms with E-state index in [0.29, 0.717) is 6.54 Å². The number of fused-ring (bicyclic) bond motifs is 2. The van der Waals surface area contributed by atoms with E-state index in [-0.39, 0.29) is 11.8 Å². The molecular weight excluding hydrogens is 352 g/mol. The molecule has 7 nitrogen and oxygen atoms in total. The molecule has 1 amide bonds. The molecule has 1 aromatic carbocycles. The summed E-state index contributed by atoms with van der Waals surface area (Å²) in [6, 6.07) is 10.3. The molecular formula is C21H26N6O. The van der Waals surface area contributed by atoms with Gasteiger partial charge in [-0.25, -0.2) is 4.98 Å². The molecule has 1 aliphatic carbocycles. The van der Waals surface area contributed by atoms with Crippen molar-refractivity contribution in [1.82, 2.24) is 30.0 Å². The minimum atomic E-state index is 0.190. The normalized spacial score (nSPS) is 17.9. The van der Waals surface area contributed by atoms with Crippen LogP contribution >= 0.6 is 0 Å². The number of hydrogen-bond acceptors (Lipinski definition) is 4. The molecule has 7 heteroatoms. The van der Waals surface area contributed by atoms with E-state index in [1.165, 1.54) is 18.5 Å². The first-order valence-electron chi connectivity index (χ1n) is 10.2. The van der Waals surface area contributed by atoms with E-state index in [1.54, 1.807) is 0 Å². The van der Waals surface area contributed by atoms with E-state index < -0.39 is 0 Å². The third-order valence-electron chi connectivity index (χ3n) is 5.91. The molecule has 1 saturated carbocycles. The lowest BCUT2D eigenvalue weighted by Crippen LogP contribution is -2.33. The Kier molecular flexibility index (Phi) is 4.60. The lowest BCUT2D eigenvalue weighted by atomic mass is 10.1. The molecule has 1 fully saturated rings. The zero-order valence-electron chi connectivity index (χ0n) is 16.0. The molecule has 0 unspecified atom stereocenters. The van der Waals surface area contributed by atoms with Crippen molar-refractivity contribution in [3.63, 3.8) is 0 Å². The van der Waals surface area contributed by atoms with Crippen molar-refractivity contribution in [2.24, 2.45) is 5.92 Å². The number of rotatable bonds is 5. The maximum atomic E-state index is 12.2. The highest BCUT2D eigenvalue weighted by atomic mass is 16.1. The van der Waals surface area contributed by atoms with Crippen molar-refractivity contribution in [1.29, 1.82) is 0 Å². The molecule has 2 N–H and O–H groups in total. The Bertz CT molecular complexity index is 951. The van der Waals surface area contributed by atoms with Crippen LogP contribution in [-0.4, -0.2) is 37.1 Å². The quantitative estimate of drug-likeness (QED) is 0.715. The molecule has 5 rings (SSSR count). The second-order valence-corrected chi connectivity index (χ2v) is 7.96. The molecule has 0 saturated heterocycles. The fraction of sp³-hybridized carbons (Fsp3) is 0.476. The van der Waals surface area contributed by atoms with E-state index >= 15 is 0 Å². The van der Waals surface area contributed by atoms with Crippen molar-refractivity contribution in [3.05, 3.63) is 47.5 Å². The van der Waals surface area contributed by atoms with Crippen LogP contribution in [0.4, 0.5) is 0 Å². The summed E-state index contributed by atoms with van der Waals surface area (Å²) in [7, 11) is 0. The van der Waals surface area contributed by atoms with Gasteiger partial charge >= 0.3 is 0 Å². The maximum Gasteiger partial charge on any atom is 0.223 e. The number of H-pyrrole nitrogens is 1. The number of carbonyl (C=O) groups is 1. The average Bonchev–Trinajstić information content (AvgIpc) is 3.44. The van der Waals surface area contributed by atoms with Crippen LogP contribution in [0.2, 0.25) is 0 Å². The van der Waals surface area contributed by atoms with E-state index in [2.05, 4.69) is 42.1 Å². The van der Waals surface area contributed by atoms with Crippen LogP contribution in [0, 0.1) is 5.92 Å². The Morgan fingerprint density at radius 3 is 2.93 bits per heavy atom. The number of aromatic amines is 1. The maximum absolute atomic E-state index is 12.2. The topological polar surface area (TPSA) is 78.8 Å². The first kappa shape index (κ1) is 17.4. The van der Waals surface area contributed by atoms with Crippen molar-refractivity contribution in [3.8, 4) is 0 Å². The summed E-state index contributed by atoms with van der Waals surface area (Å²) in [6.45, 7) is 3.98. The number of imidazole rings is 1. The summed E-state index contributed by atoms with van der Waals surface area (Å²) in [5.41, 5.74) is 4.25. The Balaban J connectivity index is 1.20. The summed E-state index contributed by atoms with van der Waals surface area (Å²) in [5.74, 6) is 1.39. The Morgan fingerprint density at radius 1 is 1.21 bits per heavy atom. The minimum Gasteiger partial charge on any atom is -0.350 e. The molecule has 0 atom stereocenters. The van der Waals surface area contributed by atoms with E-state index in [1.807, 2.05) is 18.2 Å². The molecule has 2 aromatic heterocycles. The third kappa shape index (κ3) is 3.54. The zero-order valence-corrected chi connectivity index (χ0v) is 16.0. The van der Waals surface area contributed by atoms with E-state index in [4.69, 9.17) is 0 Å². The van der Waals surface area contributed by atoms with Gasteiger partial charge in [-0.05, 0) is 31.0 Å². The Morgan fingerprint density at radius 2 is 2.07 bits per heavy atom. The first-order valence-corrected chi connectivity index (χ1v) is 10.2. The van der Waals surface area contributed by atoms with Crippen LogP contribution in [0.1, 0.15) is 42.9 Å². The number of aromatic nitrogens is 4. The van der Waals surface area contributed by atoms with Gasteiger partial charge in [0.2, 0.25) is 5.91 Å². The first-order chi connectivity index (χ1) is 13.7. The molecule has 0 bridgehead atoms. The van der Waals surface area contributed by atoms with Crippen molar-refractivity contribution < 1.29 is 4.79 Å². The zero-order chi connectivity index (χ0) is 18.9. The molecule has 28 heavy (non-hydrogen) atoms. The summed E-state index contributed by atoms with van der Waals surface area (Å²) in [4.78, 5) is 22.7. The van der Waals surface area contributed by atoms with Gasteiger partial charge in [-0.1, -0.05) is 25.0 Å². The predicted molar refractivity (Wildman–Crippen MR) is 106 cm³/mol. The fourth-order valence-electron chi connectivity index (χ4n) is 4.40. The molecule has 3 heterocycles. The third-order valence-corrected chi connectivity index (χ3v) is 5.91. The number of hydrogen-bond donors (Lipinski definition) is 2. The van der Waals surface area contributed by atoms with Gasteiger partial charge in [-0.2, -0.15) is 5.10 Å². The van der Waals surface area contributed by atoms with Crippen LogP contribution in [0.5, 0.6) is 0 Å². The minimum absolute atomic E-state index is 0.190. The molecule has 0 radical (unpaired) electrons. The standard InChI is InChI=1S/C21H26N6O/c28-21(15-5-1-2-6-15)22-12-16-11-17-13-26(9-10-27(17)25-16)14-20-23-18-7-3-4-8-19(18)24-20/h3-4,7-8,11,15H,1-2,5-6,9-10,12-14H2,(H,22,28)(H,23,24). The highest BCUT2D eigenvalue weighted by Gasteiger charge is 2.23. The van der Waals surface area contributed by atoms with Crippen LogP contribution in [0.3, 0.4) is 0 Å².